The molecule has 1 N–H and O–H groups in total. The lowest BCUT2D eigenvalue weighted by Gasteiger charge is -2.29. The second-order valence-corrected chi connectivity index (χ2v) is 7.03. The number of nitrogens with one attached hydrogen (secondary N) is 1. The lowest BCUT2D eigenvalue weighted by molar-refractivity contribution is 0.255. The summed E-state index contributed by atoms with van der Waals surface area (Å²) in [7, 11) is 1.97. The van der Waals surface area contributed by atoms with E-state index in [1.807, 2.05) is 19.2 Å². The molecule has 1 aromatic heterocycles. The molecule has 0 amide bonds. The Kier molecular flexibility index (Phi) is 5.06. The monoisotopic (exact) mass is 305 g/mol. The van der Waals surface area contributed by atoms with Crippen LogP contribution in [0.15, 0.2) is 33.7 Å². The molecule has 114 valence electrons. The zero-order valence-corrected chi connectivity index (χ0v) is 14.1. The first-order chi connectivity index (χ1) is 9.94. The third-order valence-corrected chi connectivity index (χ3v) is 4.33. The first kappa shape index (κ1) is 16.0. The van der Waals surface area contributed by atoms with Crippen molar-refractivity contribution in [2.75, 3.05) is 13.3 Å². The standard InChI is InChI=1S/C16H23N3OS/c1-16(2,3)13(17-4)10-14-18-15(19-20-14)11-6-8-12(21-5)9-7-11/h6-9,13,17H,10H2,1-5H3. The van der Waals surface area contributed by atoms with Crippen LogP contribution in [0.3, 0.4) is 0 Å². The average molecular weight is 305 g/mol. The minimum absolute atomic E-state index is 0.142. The Morgan fingerprint density at radius 1 is 1.24 bits per heavy atom. The Morgan fingerprint density at radius 2 is 1.90 bits per heavy atom. The Hall–Kier alpha value is -1.33. The normalized spacial score (nSPS) is 13.4. The molecule has 0 bridgehead atoms. The van der Waals surface area contributed by atoms with Crippen LogP contribution < -0.4 is 5.32 Å². The van der Waals surface area contributed by atoms with Crippen molar-refractivity contribution in [1.82, 2.24) is 15.5 Å². The fourth-order valence-electron chi connectivity index (χ4n) is 2.21. The van der Waals surface area contributed by atoms with Crippen LogP contribution in [0, 0.1) is 5.41 Å². The summed E-state index contributed by atoms with van der Waals surface area (Å²) in [4.78, 5) is 5.74. The van der Waals surface area contributed by atoms with E-state index in [-0.39, 0.29) is 5.41 Å². The summed E-state index contributed by atoms with van der Waals surface area (Å²) in [5.74, 6) is 1.33. The van der Waals surface area contributed by atoms with Crippen LogP contribution in [-0.2, 0) is 6.42 Å². The first-order valence-electron chi connectivity index (χ1n) is 7.08. The van der Waals surface area contributed by atoms with Gasteiger partial charge in [-0.05, 0) is 43.0 Å². The van der Waals surface area contributed by atoms with E-state index in [4.69, 9.17) is 4.52 Å². The molecule has 4 nitrogen and oxygen atoms in total. The minimum Gasteiger partial charge on any atom is -0.339 e. The van der Waals surface area contributed by atoms with Crippen LogP contribution in [0.25, 0.3) is 11.4 Å². The van der Waals surface area contributed by atoms with E-state index in [2.05, 4.69) is 54.6 Å². The molecular weight excluding hydrogens is 282 g/mol. The van der Waals surface area contributed by atoms with Gasteiger partial charge in [-0.1, -0.05) is 25.9 Å². The fourth-order valence-corrected chi connectivity index (χ4v) is 2.62. The molecule has 1 heterocycles. The molecule has 5 heteroatoms. The first-order valence-corrected chi connectivity index (χ1v) is 8.31. The van der Waals surface area contributed by atoms with Crippen molar-refractivity contribution in [3.8, 4) is 11.4 Å². The summed E-state index contributed by atoms with van der Waals surface area (Å²) in [6, 6.07) is 8.49. The SMILES string of the molecule is CNC(Cc1nc(-c2ccc(SC)cc2)no1)C(C)(C)C. The molecule has 0 aliphatic carbocycles. The summed E-state index contributed by atoms with van der Waals surface area (Å²) in [6.07, 6.45) is 2.79. The van der Waals surface area contributed by atoms with Crippen LogP contribution in [0.4, 0.5) is 0 Å². The molecule has 0 aliphatic heterocycles. The Morgan fingerprint density at radius 3 is 2.43 bits per heavy atom. The predicted molar refractivity (Wildman–Crippen MR) is 87.5 cm³/mol. The molecule has 2 rings (SSSR count). The molecule has 0 fully saturated rings. The number of thioether (sulfide) groups is 1. The highest BCUT2D eigenvalue weighted by molar-refractivity contribution is 7.98. The van der Waals surface area contributed by atoms with E-state index in [0.29, 0.717) is 17.8 Å². The third-order valence-electron chi connectivity index (χ3n) is 3.59. The number of likely N-dealkylation sites (N-methyl/N-ethyl adjacent to an activating group) is 1. The molecule has 0 saturated heterocycles. The molecule has 0 saturated carbocycles. The van der Waals surface area contributed by atoms with Crippen LogP contribution in [0.2, 0.25) is 0 Å². The molecule has 0 spiro atoms. The number of aromatic nitrogens is 2. The Labute approximate surface area is 130 Å². The maximum Gasteiger partial charge on any atom is 0.228 e. The minimum atomic E-state index is 0.142. The number of nitrogens with zero attached hydrogens (tertiary/aromatic N) is 2. The van der Waals surface area contributed by atoms with E-state index in [1.165, 1.54) is 4.90 Å². The van der Waals surface area contributed by atoms with E-state index in [0.717, 1.165) is 12.0 Å². The Bertz CT molecular complexity index is 572. The zero-order chi connectivity index (χ0) is 15.5. The van der Waals surface area contributed by atoms with Gasteiger partial charge in [-0.15, -0.1) is 11.8 Å². The molecule has 1 aromatic carbocycles. The van der Waals surface area contributed by atoms with Crippen LogP contribution in [0.1, 0.15) is 26.7 Å². The molecular formula is C16H23N3OS. The summed E-state index contributed by atoms with van der Waals surface area (Å²) in [6.45, 7) is 6.60. The summed E-state index contributed by atoms with van der Waals surface area (Å²) in [5.41, 5.74) is 1.13. The van der Waals surface area contributed by atoms with Crippen molar-refractivity contribution < 1.29 is 4.52 Å². The van der Waals surface area contributed by atoms with Crippen molar-refractivity contribution in [1.29, 1.82) is 0 Å². The maximum atomic E-state index is 5.40. The van der Waals surface area contributed by atoms with Crippen molar-refractivity contribution in [2.45, 2.75) is 38.1 Å². The van der Waals surface area contributed by atoms with Crippen LogP contribution >= 0.6 is 11.8 Å². The number of hydrogen-bond acceptors (Lipinski definition) is 5. The van der Waals surface area contributed by atoms with Crippen molar-refractivity contribution in [3.63, 3.8) is 0 Å². The number of hydrogen-bond donors (Lipinski definition) is 1. The van der Waals surface area contributed by atoms with Gasteiger partial charge < -0.3 is 9.84 Å². The fraction of sp³-hybridized carbons (Fsp3) is 0.500. The maximum absolute atomic E-state index is 5.40. The molecule has 1 unspecified atom stereocenters. The summed E-state index contributed by atoms with van der Waals surface area (Å²) in [5, 5.41) is 7.41. The molecule has 2 aromatic rings. The zero-order valence-electron chi connectivity index (χ0n) is 13.3. The highest BCUT2D eigenvalue weighted by Gasteiger charge is 2.25. The largest absolute Gasteiger partial charge is 0.339 e. The van der Waals surface area contributed by atoms with Gasteiger partial charge in [0, 0.05) is 22.9 Å². The van der Waals surface area contributed by atoms with Gasteiger partial charge in [0.05, 0.1) is 0 Å². The molecule has 0 radical (unpaired) electrons. The van der Waals surface area contributed by atoms with Crippen LogP contribution in [0.5, 0.6) is 0 Å². The van der Waals surface area contributed by atoms with Gasteiger partial charge in [0.1, 0.15) is 0 Å². The lowest BCUT2D eigenvalue weighted by Crippen LogP contribution is -2.39. The highest BCUT2D eigenvalue weighted by atomic mass is 32.2. The lowest BCUT2D eigenvalue weighted by atomic mass is 9.85. The number of rotatable bonds is 5. The van der Waals surface area contributed by atoms with Crippen LogP contribution in [-0.4, -0.2) is 29.5 Å². The number of benzene rings is 1. The van der Waals surface area contributed by atoms with Gasteiger partial charge in [0.2, 0.25) is 11.7 Å². The molecule has 21 heavy (non-hydrogen) atoms. The molecule has 0 aliphatic rings. The average Bonchev–Trinajstić information content (AvgIpc) is 2.92. The van der Waals surface area contributed by atoms with Gasteiger partial charge in [-0.2, -0.15) is 4.98 Å². The predicted octanol–water partition coefficient (Wildman–Crippen LogP) is 3.64. The highest BCUT2D eigenvalue weighted by Crippen LogP contribution is 2.24. The van der Waals surface area contributed by atoms with E-state index in [1.54, 1.807) is 11.8 Å². The second kappa shape index (κ2) is 6.62. The van der Waals surface area contributed by atoms with Gasteiger partial charge in [-0.3, -0.25) is 0 Å². The van der Waals surface area contributed by atoms with Crippen molar-refractivity contribution >= 4 is 11.8 Å². The van der Waals surface area contributed by atoms with Gasteiger partial charge in [0.15, 0.2) is 0 Å². The van der Waals surface area contributed by atoms with Crippen molar-refractivity contribution in [3.05, 3.63) is 30.2 Å². The topological polar surface area (TPSA) is 51.0 Å². The quantitative estimate of drug-likeness (QED) is 0.855. The van der Waals surface area contributed by atoms with Gasteiger partial charge >= 0.3 is 0 Å². The van der Waals surface area contributed by atoms with Gasteiger partial charge in [0.25, 0.3) is 0 Å². The van der Waals surface area contributed by atoms with E-state index < -0.39 is 0 Å². The van der Waals surface area contributed by atoms with Crippen molar-refractivity contribution in [2.24, 2.45) is 5.41 Å². The summed E-state index contributed by atoms with van der Waals surface area (Å²) < 4.78 is 5.40. The third kappa shape index (κ3) is 4.08. The summed E-state index contributed by atoms with van der Waals surface area (Å²) >= 11 is 1.72. The van der Waals surface area contributed by atoms with Gasteiger partial charge in [-0.25, -0.2) is 0 Å². The van der Waals surface area contributed by atoms with E-state index >= 15 is 0 Å². The van der Waals surface area contributed by atoms with E-state index in [9.17, 15) is 0 Å². The Balaban J connectivity index is 2.13. The smallest absolute Gasteiger partial charge is 0.228 e. The molecule has 1 atom stereocenters. The second-order valence-electron chi connectivity index (χ2n) is 6.15.